The molecule has 1 unspecified atom stereocenters. The first-order chi connectivity index (χ1) is 17.3. The second-order valence-electron chi connectivity index (χ2n) is 9.29. The molecule has 0 aromatic heterocycles. The minimum absolute atomic E-state index is 0.143. The van der Waals surface area contributed by atoms with Crippen molar-refractivity contribution >= 4 is 33.5 Å². The van der Waals surface area contributed by atoms with Crippen LogP contribution in [0.5, 0.6) is 11.5 Å². The third-order valence-corrected chi connectivity index (χ3v) is 6.98. The molecule has 2 aliphatic rings. The fourth-order valence-corrected chi connectivity index (χ4v) is 5.14. The number of nitrogens with one attached hydrogen (secondary N) is 2. The average molecular weight is 515 g/mol. The molecule has 1 atom stereocenters. The van der Waals surface area contributed by atoms with E-state index < -0.39 is 16.1 Å². The number of benzene rings is 2. The highest BCUT2D eigenvalue weighted by atomic mass is 32.2. The minimum atomic E-state index is -3.35. The second-order valence-corrected chi connectivity index (χ2v) is 11.0. The third-order valence-electron chi connectivity index (χ3n) is 6.37. The molecule has 9 nitrogen and oxygen atoms in total. The van der Waals surface area contributed by atoms with Crippen LogP contribution in [0.1, 0.15) is 50.5 Å². The fraction of sp³-hybridized carbons (Fsp3) is 0.462. The number of nitrogens with zero attached hydrogens (tertiary/aromatic N) is 2. The maximum Gasteiger partial charge on any atom is 0.248 e. The van der Waals surface area contributed by atoms with E-state index >= 15 is 0 Å². The zero-order chi connectivity index (χ0) is 25.5. The molecule has 2 aromatic carbocycles. The van der Waals surface area contributed by atoms with Crippen molar-refractivity contribution in [1.82, 2.24) is 5.01 Å². The predicted molar refractivity (Wildman–Crippen MR) is 141 cm³/mol. The van der Waals surface area contributed by atoms with Gasteiger partial charge in [-0.25, -0.2) is 8.42 Å². The molecule has 2 aromatic rings. The van der Waals surface area contributed by atoms with Gasteiger partial charge in [0.2, 0.25) is 15.9 Å². The number of carbonyl (C=O) groups excluding carboxylic acids is 1. The highest BCUT2D eigenvalue weighted by Gasteiger charge is 2.28. The van der Waals surface area contributed by atoms with Gasteiger partial charge >= 0.3 is 0 Å². The molecule has 1 aliphatic carbocycles. The van der Waals surface area contributed by atoms with Gasteiger partial charge in [-0.1, -0.05) is 0 Å². The lowest BCUT2D eigenvalue weighted by molar-refractivity contribution is -0.122. The van der Waals surface area contributed by atoms with Crippen molar-refractivity contribution < 1.29 is 22.7 Å². The van der Waals surface area contributed by atoms with E-state index in [1.165, 1.54) is 12.8 Å². The van der Waals surface area contributed by atoms with Crippen LogP contribution in [0.2, 0.25) is 0 Å². The number of methoxy groups -OCH3 is 1. The van der Waals surface area contributed by atoms with Gasteiger partial charge in [-0.3, -0.25) is 14.5 Å². The molecule has 1 saturated carbocycles. The molecule has 1 saturated heterocycles. The third kappa shape index (κ3) is 7.13. The first-order valence-corrected chi connectivity index (χ1v) is 14.2. The first-order valence-electron chi connectivity index (χ1n) is 12.3. The Balaban J connectivity index is 1.42. The summed E-state index contributed by atoms with van der Waals surface area (Å²) < 4.78 is 36.8. The summed E-state index contributed by atoms with van der Waals surface area (Å²) >= 11 is 0. The summed E-state index contributed by atoms with van der Waals surface area (Å²) in [5, 5.41) is 9.41. The Labute approximate surface area is 212 Å². The van der Waals surface area contributed by atoms with E-state index in [9.17, 15) is 13.2 Å². The van der Waals surface area contributed by atoms with Crippen LogP contribution in [0.3, 0.4) is 0 Å². The number of hydrogen-bond donors (Lipinski definition) is 2. The lowest BCUT2D eigenvalue weighted by Gasteiger charge is -2.32. The standard InChI is InChI=1S/C26H34N4O5S/c1-34-24-15-10-19(17-25(24)35-22-7-3-4-8-22)18-27-30-16-6-5-9-23(30)26(31)28-20-11-13-21(14-12-20)29-36(2,32)33/h10-15,17-18,22-23,29H,3-9,16H2,1-2H3,(H,28,31)/b27-18+. The number of amides is 1. The minimum Gasteiger partial charge on any atom is -0.493 e. The fourth-order valence-electron chi connectivity index (χ4n) is 4.57. The zero-order valence-corrected chi connectivity index (χ0v) is 21.6. The molecule has 1 aliphatic heterocycles. The van der Waals surface area contributed by atoms with Crippen LogP contribution < -0.4 is 19.5 Å². The highest BCUT2D eigenvalue weighted by Crippen LogP contribution is 2.32. The number of rotatable bonds is 9. The van der Waals surface area contributed by atoms with Gasteiger partial charge in [-0.15, -0.1) is 0 Å². The number of hydrogen-bond acceptors (Lipinski definition) is 7. The predicted octanol–water partition coefficient (Wildman–Crippen LogP) is 4.22. The Morgan fingerprint density at radius 3 is 2.39 bits per heavy atom. The van der Waals surface area contributed by atoms with Crippen LogP contribution in [-0.2, 0) is 14.8 Å². The van der Waals surface area contributed by atoms with Crippen LogP contribution >= 0.6 is 0 Å². The van der Waals surface area contributed by atoms with Crippen molar-refractivity contribution in [3.63, 3.8) is 0 Å². The van der Waals surface area contributed by atoms with E-state index in [4.69, 9.17) is 9.47 Å². The van der Waals surface area contributed by atoms with Gasteiger partial charge in [0.25, 0.3) is 0 Å². The van der Waals surface area contributed by atoms with E-state index in [1.54, 1.807) is 37.6 Å². The van der Waals surface area contributed by atoms with Crippen molar-refractivity contribution in [2.75, 3.05) is 29.9 Å². The topological polar surface area (TPSA) is 109 Å². The molecule has 0 spiro atoms. The molecule has 194 valence electrons. The molecule has 2 fully saturated rings. The van der Waals surface area contributed by atoms with Gasteiger partial charge in [0.15, 0.2) is 11.5 Å². The Hall–Kier alpha value is -3.27. The van der Waals surface area contributed by atoms with Gasteiger partial charge in [-0.05, 0) is 93.0 Å². The number of ether oxygens (including phenoxy) is 2. The van der Waals surface area contributed by atoms with Crippen LogP contribution in [0.4, 0.5) is 11.4 Å². The normalized spacial score (nSPS) is 18.8. The number of piperidine rings is 1. The van der Waals surface area contributed by atoms with Crippen molar-refractivity contribution in [3.05, 3.63) is 48.0 Å². The molecular weight excluding hydrogens is 480 g/mol. The second kappa shape index (κ2) is 11.6. The zero-order valence-electron chi connectivity index (χ0n) is 20.8. The van der Waals surface area contributed by atoms with E-state index in [0.717, 1.165) is 43.3 Å². The summed E-state index contributed by atoms with van der Waals surface area (Å²) in [5.41, 5.74) is 1.91. The molecule has 0 radical (unpaired) electrons. The molecule has 0 bridgehead atoms. The van der Waals surface area contributed by atoms with Crippen molar-refractivity contribution in [2.45, 2.75) is 57.1 Å². The highest BCUT2D eigenvalue weighted by molar-refractivity contribution is 7.92. The van der Waals surface area contributed by atoms with Crippen molar-refractivity contribution in [3.8, 4) is 11.5 Å². The van der Waals surface area contributed by atoms with E-state index in [-0.39, 0.29) is 12.0 Å². The molecule has 36 heavy (non-hydrogen) atoms. The Morgan fingerprint density at radius 2 is 1.69 bits per heavy atom. The van der Waals surface area contributed by atoms with Crippen LogP contribution in [-0.4, -0.2) is 57.6 Å². The molecule has 10 heteroatoms. The smallest absolute Gasteiger partial charge is 0.248 e. The van der Waals surface area contributed by atoms with Crippen molar-refractivity contribution in [1.29, 1.82) is 0 Å². The number of sulfonamides is 1. The van der Waals surface area contributed by atoms with Crippen LogP contribution in [0.25, 0.3) is 0 Å². The van der Waals surface area contributed by atoms with Gasteiger partial charge < -0.3 is 14.8 Å². The summed E-state index contributed by atoms with van der Waals surface area (Å²) in [6.45, 7) is 0.688. The first kappa shape index (κ1) is 25.8. The summed E-state index contributed by atoms with van der Waals surface area (Å²) in [5.74, 6) is 1.28. The van der Waals surface area contributed by atoms with Gasteiger partial charge in [0.1, 0.15) is 6.04 Å². The monoisotopic (exact) mass is 514 g/mol. The van der Waals surface area contributed by atoms with Crippen LogP contribution in [0, 0.1) is 0 Å². The number of carbonyl (C=O) groups is 1. The largest absolute Gasteiger partial charge is 0.493 e. The van der Waals surface area contributed by atoms with Gasteiger partial charge in [0.05, 0.1) is 25.7 Å². The number of hydrazone groups is 1. The summed E-state index contributed by atoms with van der Waals surface area (Å²) in [7, 11) is -1.72. The lowest BCUT2D eigenvalue weighted by atomic mass is 10.0. The Morgan fingerprint density at radius 1 is 1.00 bits per heavy atom. The van der Waals surface area contributed by atoms with E-state index in [1.807, 2.05) is 23.2 Å². The summed E-state index contributed by atoms with van der Waals surface area (Å²) in [6.07, 6.45) is 10.2. The Bertz CT molecular complexity index is 1180. The number of anilines is 2. The molecule has 1 amide bonds. The van der Waals surface area contributed by atoms with E-state index in [0.29, 0.717) is 30.1 Å². The average Bonchev–Trinajstić information content (AvgIpc) is 3.36. The SMILES string of the molecule is COc1ccc(/C=N/N2CCCCC2C(=O)Nc2ccc(NS(C)(=O)=O)cc2)cc1OC1CCCC1. The Kier molecular flexibility index (Phi) is 8.35. The molecule has 2 N–H and O–H groups in total. The maximum absolute atomic E-state index is 13.1. The maximum atomic E-state index is 13.1. The van der Waals surface area contributed by atoms with Crippen LogP contribution in [0.15, 0.2) is 47.6 Å². The lowest BCUT2D eigenvalue weighted by Crippen LogP contribution is -2.44. The molecule has 4 rings (SSSR count). The summed E-state index contributed by atoms with van der Waals surface area (Å²) in [4.78, 5) is 13.1. The van der Waals surface area contributed by atoms with E-state index in [2.05, 4.69) is 15.1 Å². The van der Waals surface area contributed by atoms with Crippen molar-refractivity contribution in [2.24, 2.45) is 5.10 Å². The van der Waals surface area contributed by atoms with Gasteiger partial charge in [-0.2, -0.15) is 5.10 Å². The molecular formula is C26H34N4O5S. The quantitative estimate of drug-likeness (QED) is 0.485. The molecule has 1 heterocycles. The van der Waals surface area contributed by atoms with Gasteiger partial charge in [0, 0.05) is 17.9 Å². The summed E-state index contributed by atoms with van der Waals surface area (Å²) in [6, 6.07) is 11.9.